The summed E-state index contributed by atoms with van der Waals surface area (Å²) in [5.41, 5.74) is 0. The lowest BCUT2D eigenvalue weighted by atomic mass is 9.91. The van der Waals surface area contributed by atoms with Crippen molar-refractivity contribution >= 4 is 11.9 Å². The number of likely N-dealkylation sites (tertiary alicyclic amines) is 1. The average molecular weight is 279 g/mol. The number of hydrogen-bond acceptors (Lipinski definition) is 2. The predicted molar refractivity (Wildman–Crippen MR) is 59.2 cm³/mol. The molecule has 0 bridgehead atoms. The molecule has 4 nitrogen and oxygen atoms in total. The fourth-order valence-electron chi connectivity index (χ4n) is 2.79. The maximum atomic E-state index is 12.2. The summed E-state index contributed by atoms with van der Waals surface area (Å²) in [6, 6.07) is 0. The molecule has 0 aromatic rings. The summed E-state index contributed by atoms with van der Waals surface area (Å²) in [7, 11) is 0. The first kappa shape index (κ1) is 14.1. The molecule has 1 heterocycles. The first-order valence-corrected chi connectivity index (χ1v) is 6.38. The molecule has 0 unspecified atom stereocenters. The van der Waals surface area contributed by atoms with Crippen molar-refractivity contribution in [2.45, 2.75) is 31.9 Å². The maximum Gasteiger partial charge on any atom is 0.471 e. The van der Waals surface area contributed by atoms with Crippen LogP contribution in [0.1, 0.15) is 25.7 Å². The van der Waals surface area contributed by atoms with Gasteiger partial charge in [-0.25, -0.2) is 0 Å². The van der Waals surface area contributed by atoms with Crippen molar-refractivity contribution in [2.24, 2.45) is 17.8 Å². The van der Waals surface area contributed by atoms with Crippen LogP contribution in [0.2, 0.25) is 0 Å². The lowest BCUT2D eigenvalue weighted by Gasteiger charge is -2.32. The van der Waals surface area contributed by atoms with Crippen molar-refractivity contribution in [2.75, 3.05) is 13.1 Å². The third-order valence-corrected chi connectivity index (χ3v) is 4.02. The number of carboxylic acids is 1. The number of aliphatic carboxylic acids is 1. The number of carbonyl (C=O) groups excluding carboxylic acids is 1. The zero-order valence-electron chi connectivity index (χ0n) is 10.3. The molecule has 0 spiro atoms. The van der Waals surface area contributed by atoms with Gasteiger partial charge in [-0.1, -0.05) is 0 Å². The molecule has 19 heavy (non-hydrogen) atoms. The summed E-state index contributed by atoms with van der Waals surface area (Å²) < 4.78 is 36.7. The molecule has 0 aromatic carbocycles. The third-order valence-electron chi connectivity index (χ3n) is 4.02. The molecule has 0 aromatic heterocycles. The third kappa shape index (κ3) is 3.39. The Morgan fingerprint density at radius 3 is 2.21 bits per heavy atom. The van der Waals surface area contributed by atoms with Crippen LogP contribution in [-0.4, -0.2) is 41.1 Å². The molecule has 7 heteroatoms. The minimum absolute atomic E-state index is 0.119. The average Bonchev–Trinajstić information content (AvgIpc) is 3.07. The number of carbonyl (C=O) groups is 2. The van der Waals surface area contributed by atoms with E-state index in [0.717, 1.165) is 11.3 Å². The van der Waals surface area contributed by atoms with Gasteiger partial charge in [0, 0.05) is 13.1 Å². The topological polar surface area (TPSA) is 57.6 Å². The van der Waals surface area contributed by atoms with Gasteiger partial charge in [-0.2, -0.15) is 13.2 Å². The van der Waals surface area contributed by atoms with Crippen LogP contribution in [0.5, 0.6) is 0 Å². The number of nitrogens with zero attached hydrogens (tertiary/aromatic N) is 1. The quantitative estimate of drug-likeness (QED) is 0.858. The van der Waals surface area contributed by atoms with E-state index >= 15 is 0 Å². The van der Waals surface area contributed by atoms with Gasteiger partial charge in [-0.15, -0.1) is 0 Å². The molecule has 0 radical (unpaired) electrons. The second-order valence-electron chi connectivity index (χ2n) is 5.41. The Balaban J connectivity index is 1.74. The van der Waals surface area contributed by atoms with E-state index in [9.17, 15) is 22.8 Å². The van der Waals surface area contributed by atoms with E-state index in [1.165, 1.54) is 0 Å². The van der Waals surface area contributed by atoms with Gasteiger partial charge in [-0.05, 0) is 37.5 Å². The monoisotopic (exact) mass is 279 g/mol. The molecule has 2 aliphatic rings. The maximum absolute atomic E-state index is 12.2. The Labute approximate surface area is 108 Å². The molecule has 2 rings (SSSR count). The Hall–Kier alpha value is -1.27. The highest BCUT2D eigenvalue weighted by Crippen LogP contribution is 2.45. The molecular weight excluding hydrogens is 263 g/mol. The van der Waals surface area contributed by atoms with E-state index in [4.69, 9.17) is 5.11 Å². The standard InChI is InChI=1S/C12H16F3NO3/c13-12(14,15)11(19)16-3-1-7(2-4-16)5-8-6-9(8)10(17)18/h7-9H,1-6H2,(H,17,18)/t8-,9-/m1/s1. The normalized spacial score (nSPS) is 28.3. The van der Waals surface area contributed by atoms with E-state index in [0.29, 0.717) is 19.3 Å². The van der Waals surface area contributed by atoms with Crippen molar-refractivity contribution in [3.05, 3.63) is 0 Å². The van der Waals surface area contributed by atoms with Gasteiger partial charge in [0.25, 0.3) is 0 Å². The number of rotatable bonds is 3. The SMILES string of the molecule is O=C(O)[C@@H]1C[C@H]1CC1CCN(C(=O)C(F)(F)F)CC1. The Bertz CT molecular complexity index is 375. The molecule has 1 N–H and O–H groups in total. The van der Waals surface area contributed by atoms with E-state index in [1.807, 2.05) is 0 Å². The van der Waals surface area contributed by atoms with Gasteiger partial charge in [-0.3, -0.25) is 9.59 Å². The van der Waals surface area contributed by atoms with Crippen molar-refractivity contribution in [3.63, 3.8) is 0 Å². The lowest BCUT2D eigenvalue weighted by Crippen LogP contribution is -2.45. The van der Waals surface area contributed by atoms with E-state index < -0.39 is 18.1 Å². The van der Waals surface area contributed by atoms with Crippen LogP contribution >= 0.6 is 0 Å². The van der Waals surface area contributed by atoms with Gasteiger partial charge < -0.3 is 10.0 Å². The fraction of sp³-hybridized carbons (Fsp3) is 0.833. The molecule has 1 amide bonds. The summed E-state index contributed by atoms with van der Waals surface area (Å²) in [5, 5.41) is 8.78. The zero-order valence-corrected chi connectivity index (χ0v) is 10.3. The van der Waals surface area contributed by atoms with E-state index in [2.05, 4.69) is 0 Å². The highest BCUT2D eigenvalue weighted by Gasteiger charge is 2.46. The summed E-state index contributed by atoms with van der Waals surface area (Å²) in [5.74, 6) is -2.40. The Kier molecular flexibility index (Phi) is 3.73. The van der Waals surface area contributed by atoms with E-state index in [-0.39, 0.29) is 30.8 Å². The van der Waals surface area contributed by atoms with Crippen LogP contribution in [0.15, 0.2) is 0 Å². The summed E-state index contributed by atoms with van der Waals surface area (Å²) in [6.07, 6.45) is -2.30. The first-order valence-electron chi connectivity index (χ1n) is 6.38. The number of hydrogen-bond donors (Lipinski definition) is 1. The fourth-order valence-corrected chi connectivity index (χ4v) is 2.79. The van der Waals surface area contributed by atoms with Gasteiger partial charge in [0.1, 0.15) is 0 Å². The van der Waals surface area contributed by atoms with Crippen LogP contribution in [-0.2, 0) is 9.59 Å². The number of alkyl halides is 3. The van der Waals surface area contributed by atoms with E-state index in [1.54, 1.807) is 0 Å². The highest BCUT2D eigenvalue weighted by atomic mass is 19.4. The number of carboxylic acid groups (broad SMARTS) is 1. The van der Waals surface area contributed by atoms with Gasteiger partial charge in [0.2, 0.25) is 0 Å². The molecule has 1 aliphatic heterocycles. The lowest BCUT2D eigenvalue weighted by molar-refractivity contribution is -0.186. The Morgan fingerprint density at radius 1 is 1.21 bits per heavy atom. The molecule has 1 saturated carbocycles. The minimum Gasteiger partial charge on any atom is -0.481 e. The number of halogens is 3. The first-order chi connectivity index (χ1) is 8.79. The van der Waals surface area contributed by atoms with Crippen molar-refractivity contribution < 1.29 is 27.9 Å². The largest absolute Gasteiger partial charge is 0.481 e. The van der Waals surface area contributed by atoms with Crippen molar-refractivity contribution in [3.8, 4) is 0 Å². The zero-order chi connectivity index (χ0) is 14.2. The van der Waals surface area contributed by atoms with Crippen LogP contribution < -0.4 is 0 Å². The molecule has 1 saturated heterocycles. The van der Waals surface area contributed by atoms with Crippen molar-refractivity contribution in [1.82, 2.24) is 4.90 Å². The molecule has 1 aliphatic carbocycles. The summed E-state index contributed by atoms with van der Waals surface area (Å²) in [6.45, 7) is 0.237. The number of piperidine rings is 1. The summed E-state index contributed by atoms with van der Waals surface area (Å²) >= 11 is 0. The van der Waals surface area contributed by atoms with Crippen LogP contribution in [0.4, 0.5) is 13.2 Å². The van der Waals surface area contributed by atoms with Crippen molar-refractivity contribution in [1.29, 1.82) is 0 Å². The van der Waals surface area contributed by atoms with Crippen LogP contribution in [0.25, 0.3) is 0 Å². The molecule has 2 fully saturated rings. The second kappa shape index (κ2) is 5.02. The second-order valence-corrected chi connectivity index (χ2v) is 5.41. The molecule has 2 atom stereocenters. The minimum atomic E-state index is -4.79. The summed E-state index contributed by atoms with van der Waals surface area (Å²) in [4.78, 5) is 22.6. The predicted octanol–water partition coefficient (Wildman–Crippen LogP) is 1.90. The molecule has 108 valence electrons. The van der Waals surface area contributed by atoms with Gasteiger partial charge in [0.15, 0.2) is 0 Å². The number of amides is 1. The highest BCUT2D eigenvalue weighted by molar-refractivity contribution is 5.81. The Morgan fingerprint density at radius 2 is 1.79 bits per heavy atom. The van der Waals surface area contributed by atoms with Crippen LogP contribution in [0.3, 0.4) is 0 Å². The van der Waals surface area contributed by atoms with Crippen LogP contribution in [0, 0.1) is 17.8 Å². The van der Waals surface area contributed by atoms with Gasteiger partial charge in [0.05, 0.1) is 5.92 Å². The smallest absolute Gasteiger partial charge is 0.471 e. The van der Waals surface area contributed by atoms with Gasteiger partial charge >= 0.3 is 18.1 Å². The molecular formula is C12H16F3NO3.